The van der Waals surface area contributed by atoms with Crippen molar-refractivity contribution in [1.29, 1.82) is 0 Å². The summed E-state index contributed by atoms with van der Waals surface area (Å²) in [6.07, 6.45) is 0.981. The molecule has 8 heteroatoms. The van der Waals surface area contributed by atoms with Crippen molar-refractivity contribution in [3.05, 3.63) is 22.4 Å². The van der Waals surface area contributed by atoms with E-state index < -0.39 is 0 Å². The van der Waals surface area contributed by atoms with Crippen LogP contribution < -0.4 is 5.32 Å². The lowest BCUT2D eigenvalue weighted by molar-refractivity contribution is -0.127. The zero-order valence-corrected chi connectivity index (χ0v) is 20.1. The van der Waals surface area contributed by atoms with Gasteiger partial charge in [-0.2, -0.15) is 11.8 Å². The summed E-state index contributed by atoms with van der Waals surface area (Å²) < 4.78 is 0. The zero-order chi connectivity index (χ0) is 18.2. The number of hydrogen-bond acceptors (Lipinski definition) is 4. The van der Waals surface area contributed by atoms with Gasteiger partial charge < -0.3 is 15.1 Å². The Morgan fingerprint density at radius 1 is 1.46 bits per heavy atom. The van der Waals surface area contributed by atoms with E-state index in [-0.39, 0.29) is 36.4 Å². The fourth-order valence-corrected chi connectivity index (χ4v) is 4.58. The minimum absolute atomic E-state index is 0. The zero-order valence-electron chi connectivity index (χ0n) is 16.1. The first-order chi connectivity index (χ1) is 12.0. The maximum absolute atomic E-state index is 11.9. The van der Waals surface area contributed by atoms with Gasteiger partial charge in [0.05, 0.1) is 0 Å². The van der Waals surface area contributed by atoms with Crippen LogP contribution in [0.2, 0.25) is 0 Å². The van der Waals surface area contributed by atoms with Crippen LogP contribution in [-0.2, 0) is 11.2 Å². The van der Waals surface area contributed by atoms with Crippen molar-refractivity contribution >= 4 is 58.9 Å². The molecule has 2 rings (SSSR count). The van der Waals surface area contributed by atoms with Crippen LogP contribution in [0.4, 0.5) is 0 Å². The van der Waals surface area contributed by atoms with Gasteiger partial charge in [-0.15, -0.1) is 35.3 Å². The number of thiophene rings is 1. The van der Waals surface area contributed by atoms with Crippen molar-refractivity contribution in [2.45, 2.75) is 25.5 Å². The number of halogens is 1. The van der Waals surface area contributed by atoms with E-state index in [0.717, 1.165) is 37.8 Å². The number of aliphatic imine (C=N–C) groups is 1. The molecule has 0 aromatic carbocycles. The summed E-state index contributed by atoms with van der Waals surface area (Å²) in [5.74, 6) is 2.65. The number of carbonyl (C=O) groups is 1. The Balaban J connectivity index is 0.00000338. The molecule has 0 radical (unpaired) electrons. The van der Waals surface area contributed by atoms with E-state index in [2.05, 4.69) is 46.6 Å². The molecule has 1 aliphatic rings. The van der Waals surface area contributed by atoms with Crippen LogP contribution >= 0.6 is 47.1 Å². The molecule has 5 nitrogen and oxygen atoms in total. The van der Waals surface area contributed by atoms with E-state index in [1.165, 1.54) is 4.88 Å². The van der Waals surface area contributed by atoms with Crippen molar-refractivity contribution in [2.75, 3.05) is 46.0 Å². The second-order valence-electron chi connectivity index (χ2n) is 6.78. The highest BCUT2D eigenvalue weighted by Crippen LogP contribution is 2.24. The van der Waals surface area contributed by atoms with Crippen LogP contribution in [0.15, 0.2) is 22.5 Å². The Morgan fingerprint density at radius 2 is 2.23 bits per heavy atom. The molecule has 1 unspecified atom stereocenters. The molecule has 26 heavy (non-hydrogen) atoms. The normalized spacial score (nSPS) is 17.8. The molecule has 1 fully saturated rings. The van der Waals surface area contributed by atoms with E-state index in [9.17, 15) is 4.79 Å². The summed E-state index contributed by atoms with van der Waals surface area (Å²) in [5, 5.41) is 6.20. The third-order valence-electron chi connectivity index (χ3n) is 4.23. The van der Waals surface area contributed by atoms with Gasteiger partial charge in [-0.25, -0.2) is 4.99 Å². The van der Waals surface area contributed by atoms with E-state index >= 15 is 0 Å². The number of guanidine groups is 1. The van der Waals surface area contributed by atoms with Crippen LogP contribution in [0.3, 0.4) is 0 Å². The van der Waals surface area contributed by atoms with Crippen molar-refractivity contribution in [3.63, 3.8) is 0 Å². The highest BCUT2D eigenvalue weighted by atomic mass is 127. The smallest absolute Gasteiger partial charge is 0.243 e. The Bertz CT molecular complexity index is 564. The molecule has 1 aromatic rings. The molecule has 1 atom stereocenters. The molecule has 1 N–H and O–H groups in total. The van der Waals surface area contributed by atoms with Gasteiger partial charge in [0.2, 0.25) is 5.91 Å². The van der Waals surface area contributed by atoms with E-state index in [0.29, 0.717) is 11.2 Å². The molecule has 0 spiro atoms. The predicted molar refractivity (Wildman–Crippen MR) is 125 cm³/mol. The van der Waals surface area contributed by atoms with Crippen LogP contribution in [0.5, 0.6) is 0 Å². The summed E-state index contributed by atoms with van der Waals surface area (Å²) in [6, 6.07) is 4.24. The molecule has 1 aliphatic heterocycles. The quantitative estimate of drug-likeness (QED) is 0.363. The lowest BCUT2D eigenvalue weighted by Gasteiger charge is -2.36. The van der Waals surface area contributed by atoms with Crippen molar-refractivity contribution in [2.24, 2.45) is 10.9 Å². The molecular weight excluding hydrogens is 479 g/mol. The largest absolute Gasteiger partial charge is 0.356 e. The maximum atomic E-state index is 11.9. The minimum Gasteiger partial charge on any atom is -0.356 e. The third-order valence-corrected chi connectivity index (χ3v) is 6.71. The van der Waals surface area contributed by atoms with E-state index in [1.807, 2.05) is 11.8 Å². The average molecular weight is 511 g/mol. The van der Waals surface area contributed by atoms with Gasteiger partial charge >= 0.3 is 0 Å². The molecule has 1 aromatic heterocycles. The predicted octanol–water partition coefficient (Wildman–Crippen LogP) is 3.02. The van der Waals surface area contributed by atoms with Crippen molar-refractivity contribution in [3.8, 4) is 0 Å². The Labute approximate surface area is 183 Å². The maximum Gasteiger partial charge on any atom is 0.243 e. The lowest BCUT2D eigenvalue weighted by Crippen LogP contribution is -2.49. The molecular formula is C18H31IN4OS2. The lowest BCUT2D eigenvalue weighted by atomic mass is 10.1. The molecule has 1 saturated heterocycles. The second-order valence-corrected chi connectivity index (χ2v) is 9.16. The standard InChI is InChI=1S/C18H30N4OS2.HI/c1-14(2)16-13-22(9-11-25-16)18(20-12-17(23)21(3)4)19-8-7-15-6-5-10-24-15;/h5-6,10,14,16H,7-9,11-13H2,1-4H3,(H,19,20);1H. The third kappa shape index (κ3) is 7.64. The minimum atomic E-state index is 0. The number of nitrogens with zero attached hydrogens (tertiary/aromatic N) is 3. The second kappa shape index (κ2) is 12.1. The number of rotatable bonds is 6. The first-order valence-corrected chi connectivity index (χ1v) is 10.8. The number of thioether (sulfide) groups is 1. The number of hydrogen-bond donors (Lipinski definition) is 1. The molecule has 1 amide bonds. The Kier molecular flexibility index (Phi) is 10.9. The average Bonchev–Trinajstić information content (AvgIpc) is 3.11. The topological polar surface area (TPSA) is 47.9 Å². The van der Waals surface area contributed by atoms with Crippen LogP contribution in [0, 0.1) is 5.92 Å². The number of likely N-dealkylation sites (N-methyl/N-ethyl adjacent to an activating group) is 1. The van der Waals surface area contributed by atoms with Gasteiger partial charge in [0.1, 0.15) is 6.54 Å². The van der Waals surface area contributed by atoms with Gasteiger partial charge in [-0.1, -0.05) is 19.9 Å². The SMILES string of the molecule is CC(C)C1CN(C(=NCC(=O)N(C)C)NCCc2cccs2)CCS1.I. The summed E-state index contributed by atoms with van der Waals surface area (Å²) in [5.41, 5.74) is 0. The van der Waals surface area contributed by atoms with Crippen LogP contribution in [0.25, 0.3) is 0 Å². The van der Waals surface area contributed by atoms with Gasteiger partial charge in [-0.3, -0.25) is 4.79 Å². The fourth-order valence-electron chi connectivity index (χ4n) is 2.58. The highest BCUT2D eigenvalue weighted by molar-refractivity contribution is 14.0. The summed E-state index contributed by atoms with van der Waals surface area (Å²) in [6.45, 7) is 7.56. The number of amides is 1. The first kappa shape index (κ1) is 23.6. The molecule has 0 aliphatic carbocycles. The van der Waals surface area contributed by atoms with Crippen LogP contribution in [0.1, 0.15) is 18.7 Å². The van der Waals surface area contributed by atoms with Gasteiger partial charge in [0.25, 0.3) is 0 Å². The van der Waals surface area contributed by atoms with E-state index in [4.69, 9.17) is 0 Å². The highest BCUT2D eigenvalue weighted by Gasteiger charge is 2.25. The summed E-state index contributed by atoms with van der Waals surface area (Å²) in [4.78, 5) is 21.8. The Hall–Kier alpha value is -0.480. The van der Waals surface area contributed by atoms with Crippen molar-refractivity contribution in [1.82, 2.24) is 15.1 Å². The van der Waals surface area contributed by atoms with Gasteiger partial charge in [0, 0.05) is 49.6 Å². The van der Waals surface area contributed by atoms with Crippen LogP contribution in [-0.4, -0.2) is 72.9 Å². The van der Waals surface area contributed by atoms with Crippen molar-refractivity contribution < 1.29 is 4.79 Å². The molecule has 2 heterocycles. The monoisotopic (exact) mass is 510 g/mol. The Morgan fingerprint density at radius 3 is 2.85 bits per heavy atom. The van der Waals surface area contributed by atoms with Gasteiger partial charge in [-0.05, 0) is 23.8 Å². The first-order valence-electron chi connectivity index (χ1n) is 8.84. The molecule has 0 bridgehead atoms. The molecule has 0 saturated carbocycles. The summed E-state index contributed by atoms with van der Waals surface area (Å²) >= 11 is 3.82. The van der Waals surface area contributed by atoms with E-state index in [1.54, 1.807) is 30.3 Å². The number of carbonyl (C=O) groups excluding carboxylic acids is 1. The molecule has 148 valence electrons. The van der Waals surface area contributed by atoms with Gasteiger partial charge in [0.15, 0.2) is 5.96 Å². The number of nitrogens with one attached hydrogen (secondary N) is 1. The summed E-state index contributed by atoms with van der Waals surface area (Å²) in [7, 11) is 3.54. The fraction of sp³-hybridized carbons (Fsp3) is 0.667.